The number of carbonyl (C=O) groups excluding carboxylic acids is 1. The highest BCUT2D eigenvalue weighted by atomic mass is 79.9. The van der Waals surface area contributed by atoms with Crippen LogP contribution in [0.1, 0.15) is 5.56 Å². The summed E-state index contributed by atoms with van der Waals surface area (Å²) in [4.78, 5) is 11.3. The number of anilines is 1. The van der Waals surface area contributed by atoms with Gasteiger partial charge >= 0.3 is 6.03 Å². The molecule has 2 aromatic rings. The van der Waals surface area contributed by atoms with Gasteiger partial charge in [-0.25, -0.2) is 10.2 Å². The van der Waals surface area contributed by atoms with E-state index in [1.54, 1.807) is 0 Å². The Bertz CT molecular complexity index is 701. The lowest BCUT2D eigenvalue weighted by atomic mass is 10.1. The number of amides is 2. The van der Waals surface area contributed by atoms with E-state index in [2.05, 4.69) is 31.8 Å². The summed E-state index contributed by atoms with van der Waals surface area (Å²) < 4.78 is 0.969. The topological polar surface area (TPSA) is 79.5 Å². The Hall–Kier alpha value is -2.25. The van der Waals surface area contributed by atoms with E-state index in [1.165, 1.54) is 0 Å². The summed E-state index contributed by atoms with van der Waals surface area (Å²) in [7, 11) is 0. The normalized spacial score (nSPS) is 10.9. The summed E-state index contributed by atoms with van der Waals surface area (Å²) in [6, 6.07) is 16.1. The summed E-state index contributed by atoms with van der Waals surface area (Å²) in [5.74, 6) is 0. The highest BCUT2D eigenvalue weighted by molar-refractivity contribution is 9.10. The molecule has 0 radical (unpaired) electrons. The van der Waals surface area contributed by atoms with Crippen LogP contribution < -0.4 is 16.5 Å². The lowest BCUT2D eigenvalue weighted by Crippen LogP contribution is -2.30. The zero-order valence-electron chi connectivity index (χ0n) is 11.4. The van der Waals surface area contributed by atoms with Crippen molar-refractivity contribution in [3.05, 3.63) is 64.6 Å². The zero-order chi connectivity index (χ0) is 15.9. The van der Waals surface area contributed by atoms with Gasteiger partial charge in [-0.15, -0.1) is 0 Å². The second kappa shape index (κ2) is 7.67. The van der Waals surface area contributed by atoms with Gasteiger partial charge in [0.1, 0.15) is 10.7 Å². The number of thiocarbonyl (C=S) groups is 1. The van der Waals surface area contributed by atoms with Crippen molar-refractivity contribution in [3.8, 4) is 0 Å². The van der Waals surface area contributed by atoms with E-state index in [0.717, 1.165) is 15.7 Å². The number of hydrogen-bond donors (Lipinski definition) is 3. The SMILES string of the molecule is NC(=O)N/N=C(\C(=S)Nc1ccc(Br)cc1)c1ccccc1. The van der Waals surface area contributed by atoms with Crippen LogP contribution in [-0.4, -0.2) is 16.7 Å². The van der Waals surface area contributed by atoms with E-state index >= 15 is 0 Å². The van der Waals surface area contributed by atoms with Crippen molar-refractivity contribution in [2.45, 2.75) is 0 Å². The van der Waals surface area contributed by atoms with E-state index < -0.39 is 6.03 Å². The minimum Gasteiger partial charge on any atom is -0.350 e. The maximum atomic E-state index is 10.9. The minimum absolute atomic E-state index is 0.377. The van der Waals surface area contributed by atoms with E-state index in [0.29, 0.717) is 10.7 Å². The van der Waals surface area contributed by atoms with Crippen molar-refractivity contribution in [3.63, 3.8) is 0 Å². The summed E-state index contributed by atoms with van der Waals surface area (Å²) in [5.41, 5.74) is 9.29. The molecule has 7 heteroatoms. The highest BCUT2D eigenvalue weighted by Gasteiger charge is 2.11. The van der Waals surface area contributed by atoms with Crippen molar-refractivity contribution in [1.29, 1.82) is 0 Å². The number of halogens is 1. The van der Waals surface area contributed by atoms with Crippen LogP contribution in [0.2, 0.25) is 0 Å². The lowest BCUT2D eigenvalue weighted by molar-refractivity contribution is 0.249. The van der Waals surface area contributed by atoms with Gasteiger partial charge in [-0.1, -0.05) is 58.5 Å². The first kappa shape index (κ1) is 16.1. The van der Waals surface area contributed by atoms with Crippen molar-refractivity contribution < 1.29 is 4.79 Å². The quantitative estimate of drug-likeness (QED) is 0.435. The number of carbonyl (C=O) groups is 1. The van der Waals surface area contributed by atoms with Gasteiger partial charge in [-0.3, -0.25) is 0 Å². The maximum Gasteiger partial charge on any atom is 0.332 e. The standard InChI is InChI=1S/C15H13BrN4OS/c16-11-6-8-12(9-7-11)18-14(22)13(19-20-15(17)21)10-4-2-1-3-5-10/h1-9H,(H,18,22)(H3,17,20,21)/b19-13-. The van der Waals surface area contributed by atoms with Gasteiger partial charge in [-0.05, 0) is 24.3 Å². The molecule has 112 valence electrons. The van der Waals surface area contributed by atoms with Gasteiger partial charge in [0, 0.05) is 15.7 Å². The molecule has 0 bridgehead atoms. The average Bonchev–Trinajstić information content (AvgIpc) is 2.50. The van der Waals surface area contributed by atoms with Crippen molar-refractivity contribution in [2.24, 2.45) is 10.8 Å². The van der Waals surface area contributed by atoms with Crippen LogP contribution in [0.3, 0.4) is 0 Å². The van der Waals surface area contributed by atoms with Crippen LogP contribution >= 0.6 is 28.1 Å². The lowest BCUT2D eigenvalue weighted by Gasteiger charge is -2.11. The Morgan fingerprint density at radius 2 is 1.73 bits per heavy atom. The monoisotopic (exact) mass is 376 g/mol. The minimum atomic E-state index is -0.750. The van der Waals surface area contributed by atoms with E-state index in [-0.39, 0.29) is 0 Å². The number of nitrogens with zero attached hydrogens (tertiary/aromatic N) is 1. The van der Waals surface area contributed by atoms with Crippen LogP contribution in [0.15, 0.2) is 64.2 Å². The molecule has 2 aromatic carbocycles. The third-order valence-electron chi connectivity index (χ3n) is 2.64. The van der Waals surface area contributed by atoms with Crippen LogP contribution in [0, 0.1) is 0 Å². The predicted octanol–water partition coefficient (Wildman–Crippen LogP) is 3.26. The number of rotatable bonds is 4. The van der Waals surface area contributed by atoms with Crippen LogP contribution in [-0.2, 0) is 0 Å². The zero-order valence-corrected chi connectivity index (χ0v) is 13.8. The molecule has 2 amide bonds. The molecule has 0 spiro atoms. The molecule has 22 heavy (non-hydrogen) atoms. The van der Waals surface area contributed by atoms with Crippen LogP contribution in [0.5, 0.6) is 0 Å². The average molecular weight is 377 g/mol. The number of nitrogens with one attached hydrogen (secondary N) is 2. The van der Waals surface area contributed by atoms with E-state index in [4.69, 9.17) is 18.0 Å². The Morgan fingerprint density at radius 1 is 1.09 bits per heavy atom. The molecule has 0 aliphatic heterocycles. The van der Waals surface area contributed by atoms with Crippen molar-refractivity contribution in [2.75, 3.05) is 5.32 Å². The molecule has 0 aliphatic rings. The fourth-order valence-corrected chi connectivity index (χ4v) is 2.22. The molecule has 0 heterocycles. The number of benzene rings is 2. The Kier molecular flexibility index (Phi) is 5.62. The fourth-order valence-electron chi connectivity index (χ4n) is 1.68. The Balaban J connectivity index is 2.24. The first-order valence-electron chi connectivity index (χ1n) is 6.32. The Labute approximate surface area is 141 Å². The van der Waals surface area contributed by atoms with Crippen molar-refractivity contribution in [1.82, 2.24) is 5.43 Å². The molecule has 0 aromatic heterocycles. The molecule has 0 saturated heterocycles. The largest absolute Gasteiger partial charge is 0.350 e. The smallest absolute Gasteiger partial charge is 0.332 e. The van der Waals surface area contributed by atoms with E-state index in [1.807, 2.05) is 54.6 Å². The number of hydrazone groups is 1. The number of urea groups is 1. The van der Waals surface area contributed by atoms with Gasteiger partial charge in [0.25, 0.3) is 0 Å². The van der Waals surface area contributed by atoms with E-state index in [9.17, 15) is 4.79 Å². The van der Waals surface area contributed by atoms with Gasteiger partial charge < -0.3 is 11.1 Å². The number of hydrogen-bond acceptors (Lipinski definition) is 3. The van der Waals surface area contributed by atoms with Gasteiger partial charge in [-0.2, -0.15) is 5.10 Å². The van der Waals surface area contributed by atoms with Crippen LogP contribution in [0.4, 0.5) is 10.5 Å². The van der Waals surface area contributed by atoms with Gasteiger partial charge in [0.15, 0.2) is 0 Å². The third kappa shape index (κ3) is 4.64. The second-order valence-electron chi connectivity index (χ2n) is 4.26. The third-order valence-corrected chi connectivity index (χ3v) is 3.47. The molecule has 2 rings (SSSR count). The summed E-state index contributed by atoms with van der Waals surface area (Å²) >= 11 is 8.75. The molecule has 0 atom stereocenters. The summed E-state index contributed by atoms with van der Waals surface area (Å²) in [6.07, 6.45) is 0. The van der Waals surface area contributed by atoms with Gasteiger partial charge in [0.2, 0.25) is 0 Å². The molecule has 0 fully saturated rings. The first-order valence-corrected chi connectivity index (χ1v) is 7.52. The maximum absolute atomic E-state index is 10.9. The number of nitrogens with two attached hydrogens (primary N) is 1. The van der Waals surface area contributed by atoms with Gasteiger partial charge in [0.05, 0.1) is 0 Å². The summed E-state index contributed by atoms with van der Waals surface area (Å²) in [5, 5.41) is 7.07. The second-order valence-corrected chi connectivity index (χ2v) is 5.59. The molecular weight excluding hydrogens is 364 g/mol. The predicted molar refractivity (Wildman–Crippen MR) is 96.1 cm³/mol. The first-order chi connectivity index (χ1) is 10.6. The van der Waals surface area contributed by atoms with Crippen molar-refractivity contribution >= 4 is 50.6 Å². The Morgan fingerprint density at radius 3 is 2.32 bits per heavy atom. The molecule has 5 nitrogen and oxygen atoms in total. The molecular formula is C15H13BrN4OS. The number of primary amides is 1. The molecule has 0 unspecified atom stereocenters. The molecule has 4 N–H and O–H groups in total. The highest BCUT2D eigenvalue weighted by Crippen LogP contribution is 2.15. The molecule has 0 aliphatic carbocycles. The summed E-state index contributed by atoms with van der Waals surface area (Å²) in [6.45, 7) is 0. The molecule has 0 saturated carbocycles. The fraction of sp³-hybridized carbons (Fsp3) is 0. The van der Waals surface area contributed by atoms with Crippen LogP contribution in [0.25, 0.3) is 0 Å².